The first kappa shape index (κ1) is 22.7. The lowest BCUT2D eigenvalue weighted by atomic mass is 9.94. The lowest BCUT2D eigenvalue weighted by molar-refractivity contribution is -0.169. The molecule has 3 aromatic rings. The molecule has 0 spiro atoms. The molecule has 1 atom stereocenters. The number of Topliss-reactive ketones (excluding diaryl/α,β-unsaturated/α-hetero) is 1. The summed E-state index contributed by atoms with van der Waals surface area (Å²) in [5, 5.41) is 2.33. The summed E-state index contributed by atoms with van der Waals surface area (Å²) in [6.07, 6.45) is 4.15. The number of nitrogens with zero attached hydrogens (tertiary/aromatic N) is 3. The second-order valence-corrected chi connectivity index (χ2v) is 11.1. The van der Waals surface area contributed by atoms with Crippen molar-refractivity contribution in [2.75, 3.05) is 7.05 Å². The predicted molar refractivity (Wildman–Crippen MR) is 123 cm³/mol. The van der Waals surface area contributed by atoms with Crippen molar-refractivity contribution < 1.29 is 18.8 Å². The van der Waals surface area contributed by atoms with Gasteiger partial charge in [0.2, 0.25) is 5.89 Å². The molecule has 3 heterocycles. The SMILES string of the molecule is CN1OC(=O)CC1c1ccc(C(=O)Cc2ncc(SCc3ncc(C(C)(C)C)o3)s2)cc1. The fourth-order valence-electron chi connectivity index (χ4n) is 3.30. The van der Waals surface area contributed by atoms with E-state index in [2.05, 4.69) is 30.7 Å². The largest absolute Gasteiger partial charge is 0.444 e. The molecule has 1 aliphatic heterocycles. The minimum absolute atomic E-state index is 0.0112. The van der Waals surface area contributed by atoms with E-state index in [4.69, 9.17) is 9.25 Å². The second kappa shape index (κ2) is 9.17. The number of carbonyl (C=O) groups excluding carboxylic acids is 2. The van der Waals surface area contributed by atoms with Crippen molar-refractivity contribution in [3.05, 3.63) is 64.4 Å². The number of hydrogen-bond donors (Lipinski definition) is 0. The van der Waals surface area contributed by atoms with Gasteiger partial charge in [-0.25, -0.2) is 9.97 Å². The number of thioether (sulfide) groups is 1. The quantitative estimate of drug-likeness (QED) is 0.352. The Morgan fingerprint density at radius 1 is 1.22 bits per heavy atom. The molecule has 0 radical (unpaired) electrons. The van der Waals surface area contributed by atoms with Gasteiger partial charge in [0.15, 0.2) is 5.78 Å². The molecule has 1 aliphatic rings. The highest BCUT2D eigenvalue weighted by Crippen LogP contribution is 2.31. The van der Waals surface area contributed by atoms with E-state index in [0.29, 0.717) is 23.6 Å². The maximum absolute atomic E-state index is 12.7. The van der Waals surface area contributed by atoms with E-state index in [-0.39, 0.29) is 29.6 Å². The van der Waals surface area contributed by atoms with Crippen molar-refractivity contribution in [1.82, 2.24) is 15.0 Å². The van der Waals surface area contributed by atoms with Crippen LogP contribution in [0.25, 0.3) is 0 Å². The molecule has 0 aliphatic carbocycles. The van der Waals surface area contributed by atoms with Crippen LogP contribution in [0.1, 0.15) is 65.8 Å². The van der Waals surface area contributed by atoms with Crippen molar-refractivity contribution in [1.29, 1.82) is 0 Å². The zero-order valence-electron chi connectivity index (χ0n) is 18.5. The molecule has 1 unspecified atom stereocenters. The van der Waals surface area contributed by atoms with E-state index in [9.17, 15) is 9.59 Å². The highest BCUT2D eigenvalue weighted by Gasteiger charge is 2.31. The van der Waals surface area contributed by atoms with E-state index >= 15 is 0 Å². The number of rotatable bonds is 7. The Balaban J connectivity index is 1.32. The summed E-state index contributed by atoms with van der Waals surface area (Å²) in [6.45, 7) is 6.27. The Labute approximate surface area is 195 Å². The van der Waals surface area contributed by atoms with E-state index < -0.39 is 0 Å². The van der Waals surface area contributed by atoms with Gasteiger partial charge in [-0.1, -0.05) is 45.0 Å². The van der Waals surface area contributed by atoms with Gasteiger partial charge in [-0.15, -0.1) is 28.2 Å². The van der Waals surface area contributed by atoms with Gasteiger partial charge in [-0.05, 0) is 5.56 Å². The lowest BCUT2D eigenvalue weighted by Crippen LogP contribution is -2.16. The zero-order valence-corrected chi connectivity index (χ0v) is 20.1. The van der Waals surface area contributed by atoms with Gasteiger partial charge in [0.25, 0.3) is 0 Å². The van der Waals surface area contributed by atoms with E-state index in [1.165, 1.54) is 11.3 Å². The first-order valence-corrected chi connectivity index (χ1v) is 12.1. The van der Waals surface area contributed by atoms with Gasteiger partial charge in [-0.2, -0.15) is 0 Å². The number of carbonyl (C=O) groups is 2. The van der Waals surface area contributed by atoms with Gasteiger partial charge in [0.1, 0.15) is 10.8 Å². The average Bonchev–Trinajstić information content (AvgIpc) is 3.46. The first-order chi connectivity index (χ1) is 15.2. The molecule has 4 rings (SSSR count). The maximum atomic E-state index is 12.7. The normalized spacial score (nSPS) is 17.0. The second-order valence-electron chi connectivity index (χ2n) is 8.68. The minimum Gasteiger partial charge on any atom is -0.444 e. The molecule has 9 heteroatoms. The molecule has 1 saturated heterocycles. The van der Waals surface area contributed by atoms with Gasteiger partial charge >= 0.3 is 5.97 Å². The third-order valence-corrected chi connectivity index (χ3v) is 7.31. The summed E-state index contributed by atoms with van der Waals surface area (Å²) in [4.78, 5) is 38.0. The Kier molecular flexibility index (Phi) is 6.50. The molecule has 1 fully saturated rings. The van der Waals surface area contributed by atoms with E-state index in [0.717, 1.165) is 20.5 Å². The van der Waals surface area contributed by atoms with Gasteiger partial charge < -0.3 is 9.25 Å². The van der Waals surface area contributed by atoms with Crippen LogP contribution in [-0.2, 0) is 27.2 Å². The smallest absolute Gasteiger partial charge is 0.327 e. The van der Waals surface area contributed by atoms with Gasteiger partial charge in [-0.3, -0.25) is 9.59 Å². The van der Waals surface area contributed by atoms with Crippen molar-refractivity contribution in [2.24, 2.45) is 0 Å². The van der Waals surface area contributed by atoms with Crippen molar-refractivity contribution >= 4 is 34.9 Å². The molecular weight excluding hydrogens is 446 g/mol. The van der Waals surface area contributed by atoms with Crippen LogP contribution in [-0.4, -0.2) is 33.8 Å². The third kappa shape index (κ3) is 5.28. The highest BCUT2D eigenvalue weighted by atomic mass is 32.2. The van der Waals surface area contributed by atoms with E-state index in [1.807, 2.05) is 12.1 Å². The number of aromatic nitrogens is 2. The number of hydroxylamine groups is 2. The summed E-state index contributed by atoms with van der Waals surface area (Å²) in [7, 11) is 1.73. The fraction of sp³-hybridized carbons (Fsp3) is 0.391. The molecule has 0 saturated carbocycles. The zero-order chi connectivity index (χ0) is 22.9. The maximum Gasteiger partial charge on any atom is 0.327 e. The van der Waals surface area contributed by atoms with Gasteiger partial charge in [0, 0.05) is 18.0 Å². The minimum atomic E-state index is -0.243. The molecule has 0 bridgehead atoms. The summed E-state index contributed by atoms with van der Waals surface area (Å²) < 4.78 is 6.85. The van der Waals surface area contributed by atoms with Crippen molar-refractivity contribution in [3.63, 3.8) is 0 Å². The number of thiazole rings is 1. The topological polar surface area (TPSA) is 85.5 Å². The third-order valence-electron chi connectivity index (χ3n) is 5.14. The summed E-state index contributed by atoms with van der Waals surface area (Å²) >= 11 is 3.11. The van der Waals surface area contributed by atoms with E-state index in [1.54, 1.807) is 48.4 Å². The number of ketones is 1. The van der Waals surface area contributed by atoms with Crippen LogP contribution in [0, 0.1) is 0 Å². The Morgan fingerprint density at radius 3 is 2.59 bits per heavy atom. The molecule has 7 nitrogen and oxygen atoms in total. The average molecular weight is 472 g/mol. The van der Waals surface area contributed by atoms with Crippen molar-refractivity contribution in [3.8, 4) is 0 Å². The monoisotopic (exact) mass is 471 g/mol. The van der Waals surface area contributed by atoms with Crippen LogP contribution in [0.3, 0.4) is 0 Å². The van der Waals surface area contributed by atoms with Crippen LogP contribution >= 0.6 is 23.1 Å². The van der Waals surface area contributed by atoms with Crippen LogP contribution in [0.5, 0.6) is 0 Å². The fourth-order valence-corrected chi connectivity index (χ4v) is 5.18. The van der Waals surface area contributed by atoms with Crippen molar-refractivity contribution in [2.45, 2.75) is 55.0 Å². The number of oxazole rings is 1. The molecule has 32 heavy (non-hydrogen) atoms. The number of benzene rings is 1. The van der Waals surface area contributed by atoms with Crippen LogP contribution in [0.4, 0.5) is 0 Å². The van der Waals surface area contributed by atoms with Gasteiger partial charge in [0.05, 0.1) is 41.2 Å². The Morgan fingerprint density at radius 2 is 1.97 bits per heavy atom. The number of hydrogen-bond acceptors (Lipinski definition) is 9. The standard InChI is InChI=1S/C23H25N3O4S2/c1-23(2,3)18-11-24-19(29-18)13-31-22-12-25-20(32-22)10-17(27)15-7-5-14(6-8-15)16-9-21(28)30-26(16)4/h5-8,11-12,16H,9-10,13H2,1-4H3. The predicted octanol–water partition coefficient (Wildman–Crippen LogP) is 4.98. The highest BCUT2D eigenvalue weighted by molar-refractivity contribution is 8.00. The summed E-state index contributed by atoms with van der Waals surface area (Å²) in [5.41, 5.74) is 1.51. The molecule has 0 N–H and O–H groups in total. The first-order valence-electron chi connectivity index (χ1n) is 10.3. The van der Waals surface area contributed by atoms with Crippen LogP contribution in [0.15, 0.2) is 45.3 Å². The molecular formula is C23H25N3O4S2. The molecule has 168 valence electrons. The summed E-state index contributed by atoms with van der Waals surface area (Å²) in [6, 6.07) is 7.23. The Bertz CT molecular complexity index is 1110. The van der Waals surface area contributed by atoms with Crippen LogP contribution in [0.2, 0.25) is 0 Å². The lowest BCUT2D eigenvalue weighted by Gasteiger charge is -2.16. The molecule has 2 aromatic heterocycles. The molecule has 1 aromatic carbocycles. The Hall–Kier alpha value is -2.49. The van der Waals surface area contributed by atoms with Crippen LogP contribution < -0.4 is 0 Å². The molecule has 0 amide bonds. The summed E-state index contributed by atoms with van der Waals surface area (Å²) in [5.74, 6) is 1.94.